The van der Waals surface area contributed by atoms with Gasteiger partial charge in [0.25, 0.3) is 0 Å². The highest BCUT2D eigenvalue weighted by atomic mass is 15.3. The minimum absolute atomic E-state index is 0.199. The van der Waals surface area contributed by atoms with E-state index in [2.05, 4.69) is 10.9 Å². The van der Waals surface area contributed by atoms with E-state index < -0.39 is 0 Å². The molecule has 1 heterocycles. The largest absolute Gasteiger partial charge is 0.323 e. The summed E-state index contributed by atoms with van der Waals surface area (Å²) in [5.41, 5.74) is 9.19. The van der Waals surface area contributed by atoms with Gasteiger partial charge in [0.15, 0.2) is 0 Å². The van der Waals surface area contributed by atoms with Crippen molar-refractivity contribution < 1.29 is 0 Å². The lowest BCUT2D eigenvalue weighted by Gasteiger charge is -2.56. The van der Waals surface area contributed by atoms with Crippen LogP contribution in [0.15, 0.2) is 6.20 Å². The first-order valence-corrected chi connectivity index (χ1v) is 8.06. The summed E-state index contributed by atoms with van der Waals surface area (Å²) in [5.74, 6) is 2.96. The third-order valence-electron chi connectivity index (χ3n) is 6.39. The van der Waals surface area contributed by atoms with Gasteiger partial charge in [0.1, 0.15) is 0 Å². The lowest BCUT2D eigenvalue weighted by molar-refractivity contribution is -0.0497. The molecule has 3 heteroatoms. The van der Waals surface area contributed by atoms with Crippen molar-refractivity contribution >= 4 is 0 Å². The summed E-state index contributed by atoms with van der Waals surface area (Å²) in [5, 5.41) is 4.95. The first-order chi connectivity index (χ1) is 9.22. The number of aryl methyl sites for hydroxylation is 1. The molecule has 1 unspecified atom stereocenters. The number of nitrogens with zero attached hydrogens (tertiary/aromatic N) is 2. The topological polar surface area (TPSA) is 43.8 Å². The summed E-state index contributed by atoms with van der Waals surface area (Å²) >= 11 is 0. The zero-order chi connectivity index (χ0) is 12.6. The first-order valence-electron chi connectivity index (χ1n) is 8.06. The molecule has 19 heavy (non-hydrogen) atoms. The van der Waals surface area contributed by atoms with Crippen molar-refractivity contribution in [2.45, 2.75) is 62.9 Å². The van der Waals surface area contributed by atoms with Crippen LogP contribution in [0.2, 0.25) is 0 Å². The van der Waals surface area contributed by atoms with Crippen LogP contribution in [0.5, 0.6) is 0 Å². The summed E-state index contributed by atoms with van der Waals surface area (Å²) in [6, 6.07) is 0.199. The Kier molecular flexibility index (Phi) is 1.97. The Bertz CT molecular complexity index is 495. The van der Waals surface area contributed by atoms with E-state index in [1.807, 2.05) is 0 Å². The highest BCUT2D eigenvalue weighted by Crippen LogP contribution is 2.58. The fraction of sp³-hybridized carbons (Fsp3) is 0.812. The second-order valence-electron chi connectivity index (χ2n) is 7.77. The minimum atomic E-state index is 0.199. The van der Waals surface area contributed by atoms with Gasteiger partial charge in [-0.1, -0.05) is 0 Å². The molecule has 3 nitrogen and oxygen atoms in total. The van der Waals surface area contributed by atoms with E-state index in [0.717, 1.165) is 30.6 Å². The Morgan fingerprint density at radius 2 is 1.74 bits per heavy atom. The van der Waals surface area contributed by atoms with Gasteiger partial charge in [0.2, 0.25) is 0 Å². The molecule has 0 aliphatic heterocycles. The molecule has 4 bridgehead atoms. The third kappa shape index (κ3) is 1.40. The van der Waals surface area contributed by atoms with Gasteiger partial charge in [-0.3, -0.25) is 4.68 Å². The fourth-order valence-electron chi connectivity index (χ4n) is 5.96. The lowest BCUT2D eigenvalue weighted by Crippen LogP contribution is -2.52. The Balaban J connectivity index is 1.57. The third-order valence-corrected chi connectivity index (χ3v) is 6.39. The van der Waals surface area contributed by atoms with E-state index in [1.54, 1.807) is 0 Å². The van der Waals surface area contributed by atoms with Gasteiger partial charge >= 0.3 is 0 Å². The maximum atomic E-state index is 6.18. The molecule has 6 rings (SSSR count). The fourth-order valence-corrected chi connectivity index (χ4v) is 5.96. The molecule has 1 aromatic heterocycles. The zero-order valence-corrected chi connectivity index (χ0v) is 11.5. The lowest BCUT2D eigenvalue weighted by atomic mass is 9.53. The van der Waals surface area contributed by atoms with Gasteiger partial charge in [0.05, 0.1) is 11.2 Å². The van der Waals surface area contributed by atoms with Gasteiger partial charge < -0.3 is 5.73 Å². The molecular formula is C16H23N3. The van der Waals surface area contributed by atoms with Crippen LogP contribution in [-0.2, 0) is 12.0 Å². The number of hydrogen-bond acceptors (Lipinski definition) is 2. The molecule has 5 aliphatic carbocycles. The van der Waals surface area contributed by atoms with Gasteiger partial charge in [-0.15, -0.1) is 0 Å². The van der Waals surface area contributed by atoms with E-state index >= 15 is 0 Å². The molecule has 0 saturated heterocycles. The Morgan fingerprint density at radius 3 is 2.32 bits per heavy atom. The second kappa shape index (κ2) is 3.43. The van der Waals surface area contributed by atoms with Gasteiger partial charge in [-0.2, -0.15) is 5.10 Å². The summed E-state index contributed by atoms with van der Waals surface area (Å²) in [7, 11) is 0. The highest BCUT2D eigenvalue weighted by Gasteiger charge is 2.52. The molecule has 102 valence electrons. The number of aromatic nitrogens is 2. The van der Waals surface area contributed by atoms with Crippen molar-refractivity contribution in [2.24, 2.45) is 23.5 Å². The highest BCUT2D eigenvalue weighted by molar-refractivity contribution is 5.27. The maximum absolute atomic E-state index is 6.18. The SMILES string of the molecule is NC1CCc2cn(C34CC5CC(CC(C5)C3)C4)nc21. The van der Waals surface area contributed by atoms with Gasteiger partial charge in [0, 0.05) is 12.2 Å². The van der Waals surface area contributed by atoms with Crippen molar-refractivity contribution in [3.63, 3.8) is 0 Å². The predicted octanol–water partition coefficient (Wildman–Crippen LogP) is 2.75. The van der Waals surface area contributed by atoms with E-state index in [9.17, 15) is 0 Å². The summed E-state index contributed by atoms with van der Waals surface area (Å²) in [6.07, 6.45) is 13.2. The van der Waals surface area contributed by atoms with Crippen LogP contribution >= 0.6 is 0 Å². The summed E-state index contributed by atoms with van der Waals surface area (Å²) in [6.45, 7) is 0. The monoisotopic (exact) mass is 257 g/mol. The van der Waals surface area contributed by atoms with Crippen molar-refractivity contribution in [1.82, 2.24) is 9.78 Å². The number of fused-ring (bicyclic) bond motifs is 1. The average Bonchev–Trinajstić information content (AvgIpc) is 2.91. The quantitative estimate of drug-likeness (QED) is 0.840. The van der Waals surface area contributed by atoms with Crippen LogP contribution < -0.4 is 5.73 Å². The summed E-state index contributed by atoms with van der Waals surface area (Å²) < 4.78 is 2.38. The van der Waals surface area contributed by atoms with Crippen LogP contribution in [-0.4, -0.2) is 9.78 Å². The molecule has 4 saturated carbocycles. The molecule has 5 aliphatic rings. The number of hydrogen-bond donors (Lipinski definition) is 1. The molecule has 0 spiro atoms. The maximum Gasteiger partial charge on any atom is 0.0824 e. The first kappa shape index (κ1) is 10.9. The second-order valence-corrected chi connectivity index (χ2v) is 7.77. The Morgan fingerprint density at radius 1 is 1.11 bits per heavy atom. The van der Waals surface area contributed by atoms with Crippen LogP contribution in [0, 0.1) is 17.8 Å². The minimum Gasteiger partial charge on any atom is -0.323 e. The average molecular weight is 257 g/mol. The predicted molar refractivity (Wildman–Crippen MR) is 73.6 cm³/mol. The standard InChI is InChI=1S/C16H23N3/c17-14-2-1-13-9-19(18-15(13)14)16-6-10-3-11(7-16)5-12(4-10)8-16/h9-12,14H,1-8,17H2. The normalized spacial score (nSPS) is 46.8. The van der Waals surface area contributed by atoms with Crippen molar-refractivity contribution in [2.75, 3.05) is 0 Å². The number of nitrogens with two attached hydrogens (primary N) is 1. The van der Waals surface area contributed by atoms with Crippen molar-refractivity contribution in [3.8, 4) is 0 Å². The number of rotatable bonds is 1. The van der Waals surface area contributed by atoms with E-state index in [1.165, 1.54) is 49.8 Å². The Labute approximate surface area is 114 Å². The van der Waals surface area contributed by atoms with Crippen molar-refractivity contribution in [3.05, 3.63) is 17.5 Å². The van der Waals surface area contributed by atoms with E-state index in [-0.39, 0.29) is 6.04 Å². The molecule has 1 atom stereocenters. The van der Waals surface area contributed by atoms with E-state index in [4.69, 9.17) is 10.8 Å². The van der Waals surface area contributed by atoms with Crippen molar-refractivity contribution in [1.29, 1.82) is 0 Å². The molecule has 0 amide bonds. The molecule has 0 radical (unpaired) electrons. The van der Waals surface area contributed by atoms with Gasteiger partial charge in [-0.25, -0.2) is 0 Å². The molecule has 0 aromatic carbocycles. The molecule has 2 N–H and O–H groups in total. The molecule has 4 fully saturated rings. The van der Waals surface area contributed by atoms with Gasteiger partial charge in [-0.05, 0) is 74.7 Å². The summed E-state index contributed by atoms with van der Waals surface area (Å²) in [4.78, 5) is 0. The van der Waals surface area contributed by atoms with E-state index in [0.29, 0.717) is 5.54 Å². The smallest absolute Gasteiger partial charge is 0.0824 e. The zero-order valence-electron chi connectivity index (χ0n) is 11.5. The molecule has 1 aromatic rings. The van der Waals surface area contributed by atoms with Crippen LogP contribution in [0.25, 0.3) is 0 Å². The van der Waals surface area contributed by atoms with Crippen LogP contribution in [0.4, 0.5) is 0 Å². The van der Waals surface area contributed by atoms with Crippen LogP contribution in [0.3, 0.4) is 0 Å². The molecular weight excluding hydrogens is 234 g/mol. The Hall–Kier alpha value is -0.830. The van der Waals surface area contributed by atoms with Crippen LogP contribution in [0.1, 0.15) is 62.2 Å².